The number of nitriles is 1. The van der Waals surface area contributed by atoms with Gasteiger partial charge in [0.05, 0.1) is 6.54 Å². The maximum absolute atomic E-state index is 8.67. The van der Waals surface area contributed by atoms with Crippen molar-refractivity contribution in [3.8, 4) is 6.07 Å². The second kappa shape index (κ2) is 5.13. The fourth-order valence-corrected chi connectivity index (χ4v) is 2.73. The van der Waals surface area contributed by atoms with Gasteiger partial charge in [-0.05, 0) is 50.4 Å². The molecule has 0 radical (unpaired) electrons. The van der Waals surface area contributed by atoms with Gasteiger partial charge in [0.2, 0.25) is 5.76 Å². The van der Waals surface area contributed by atoms with Crippen LogP contribution in [0.15, 0.2) is 16.5 Å². The summed E-state index contributed by atoms with van der Waals surface area (Å²) < 4.78 is 5.33. The molecule has 1 aliphatic heterocycles. The summed E-state index contributed by atoms with van der Waals surface area (Å²) in [6, 6.07) is 6.50. The molecule has 3 rings (SSSR count). The van der Waals surface area contributed by atoms with Crippen LogP contribution in [0, 0.1) is 17.2 Å². The molecule has 0 bridgehead atoms. The molecule has 1 aromatic rings. The Morgan fingerprint density at radius 1 is 1.39 bits per heavy atom. The first-order valence-electron chi connectivity index (χ1n) is 6.79. The number of furan rings is 1. The Kier molecular flexibility index (Phi) is 3.35. The minimum Gasteiger partial charge on any atom is -0.449 e. The van der Waals surface area contributed by atoms with Gasteiger partial charge in [-0.2, -0.15) is 5.26 Å². The third-order valence-electron chi connectivity index (χ3n) is 3.88. The molecule has 4 heteroatoms. The van der Waals surface area contributed by atoms with Gasteiger partial charge in [0.15, 0.2) is 0 Å². The van der Waals surface area contributed by atoms with Crippen molar-refractivity contribution in [2.45, 2.75) is 31.8 Å². The largest absolute Gasteiger partial charge is 0.449 e. The molecule has 0 amide bonds. The summed E-state index contributed by atoms with van der Waals surface area (Å²) in [5.74, 6) is 2.02. The van der Waals surface area contributed by atoms with Crippen molar-refractivity contribution in [3.63, 3.8) is 0 Å². The van der Waals surface area contributed by atoms with Crippen LogP contribution in [-0.4, -0.2) is 30.6 Å². The molecule has 2 aliphatic rings. The predicted octanol–water partition coefficient (Wildman–Crippen LogP) is 1.73. The molecule has 0 spiro atoms. The zero-order valence-electron chi connectivity index (χ0n) is 10.6. The van der Waals surface area contributed by atoms with Crippen LogP contribution in [0.1, 0.15) is 30.8 Å². The van der Waals surface area contributed by atoms with E-state index in [2.05, 4.69) is 10.2 Å². The van der Waals surface area contributed by atoms with E-state index in [1.54, 1.807) is 6.07 Å². The van der Waals surface area contributed by atoms with Crippen LogP contribution in [0.5, 0.6) is 0 Å². The van der Waals surface area contributed by atoms with Crippen LogP contribution in [-0.2, 0) is 6.54 Å². The Labute approximate surface area is 108 Å². The van der Waals surface area contributed by atoms with Crippen LogP contribution < -0.4 is 5.32 Å². The van der Waals surface area contributed by atoms with Crippen LogP contribution in [0.4, 0.5) is 0 Å². The standard InChI is InChI=1S/C14H19N3O/c15-7-13-3-4-14(18-13)9-16-8-11-5-6-17(10-11)12-1-2-12/h3-4,11-12,16H,1-2,5-6,8-10H2. The molecule has 1 aliphatic carbocycles. The molecule has 1 saturated heterocycles. The predicted molar refractivity (Wildman–Crippen MR) is 67.8 cm³/mol. The molecule has 2 heterocycles. The number of likely N-dealkylation sites (tertiary alicyclic amines) is 1. The van der Waals surface area contributed by atoms with E-state index in [1.165, 1.54) is 32.4 Å². The highest BCUT2D eigenvalue weighted by atomic mass is 16.3. The monoisotopic (exact) mass is 245 g/mol. The van der Waals surface area contributed by atoms with Gasteiger partial charge < -0.3 is 14.6 Å². The molecule has 1 N–H and O–H groups in total. The molecule has 1 atom stereocenters. The summed E-state index contributed by atoms with van der Waals surface area (Å²) >= 11 is 0. The molecule has 96 valence electrons. The van der Waals surface area contributed by atoms with Crippen molar-refractivity contribution in [1.29, 1.82) is 5.26 Å². The summed E-state index contributed by atoms with van der Waals surface area (Å²) in [5.41, 5.74) is 0. The number of nitrogens with zero attached hydrogens (tertiary/aromatic N) is 2. The van der Waals surface area contributed by atoms with Gasteiger partial charge in [0.1, 0.15) is 11.8 Å². The Hall–Kier alpha value is -1.31. The fourth-order valence-electron chi connectivity index (χ4n) is 2.73. The van der Waals surface area contributed by atoms with Gasteiger partial charge in [-0.1, -0.05) is 0 Å². The van der Waals surface area contributed by atoms with Crippen molar-refractivity contribution < 1.29 is 4.42 Å². The summed E-state index contributed by atoms with van der Waals surface area (Å²) in [6.45, 7) is 4.29. The molecular formula is C14H19N3O. The van der Waals surface area contributed by atoms with E-state index in [-0.39, 0.29) is 0 Å². The Balaban J connectivity index is 1.38. The molecule has 2 fully saturated rings. The Bertz CT molecular complexity index is 444. The van der Waals surface area contributed by atoms with Crippen LogP contribution in [0.2, 0.25) is 0 Å². The van der Waals surface area contributed by atoms with Gasteiger partial charge in [0.25, 0.3) is 0 Å². The highest BCUT2D eigenvalue weighted by molar-refractivity contribution is 5.18. The van der Waals surface area contributed by atoms with E-state index in [0.29, 0.717) is 5.76 Å². The van der Waals surface area contributed by atoms with Crippen molar-refractivity contribution >= 4 is 0 Å². The van der Waals surface area contributed by atoms with Gasteiger partial charge in [-0.3, -0.25) is 0 Å². The smallest absolute Gasteiger partial charge is 0.203 e. The second-order valence-electron chi connectivity index (χ2n) is 5.39. The van der Waals surface area contributed by atoms with E-state index < -0.39 is 0 Å². The molecule has 0 aromatic carbocycles. The van der Waals surface area contributed by atoms with Gasteiger partial charge >= 0.3 is 0 Å². The van der Waals surface area contributed by atoms with E-state index in [4.69, 9.17) is 9.68 Å². The molecule has 1 saturated carbocycles. The van der Waals surface area contributed by atoms with Crippen molar-refractivity contribution in [2.75, 3.05) is 19.6 Å². The maximum Gasteiger partial charge on any atom is 0.203 e. The lowest BCUT2D eigenvalue weighted by Crippen LogP contribution is -2.27. The lowest BCUT2D eigenvalue weighted by atomic mass is 10.1. The Morgan fingerprint density at radius 2 is 2.28 bits per heavy atom. The average Bonchev–Trinajstić information content (AvgIpc) is 2.96. The average molecular weight is 245 g/mol. The zero-order valence-corrected chi connectivity index (χ0v) is 10.6. The third kappa shape index (κ3) is 2.74. The van der Waals surface area contributed by atoms with Gasteiger partial charge in [-0.25, -0.2) is 0 Å². The highest BCUT2D eigenvalue weighted by Gasteiger charge is 2.33. The lowest BCUT2D eigenvalue weighted by Gasteiger charge is -2.14. The second-order valence-corrected chi connectivity index (χ2v) is 5.39. The maximum atomic E-state index is 8.67. The normalized spacial score (nSPS) is 24.3. The van der Waals surface area contributed by atoms with Crippen LogP contribution in [0.3, 0.4) is 0 Å². The summed E-state index contributed by atoms with van der Waals surface area (Å²) in [7, 11) is 0. The van der Waals surface area contributed by atoms with Crippen LogP contribution >= 0.6 is 0 Å². The quantitative estimate of drug-likeness (QED) is 0.858. The summed E-state index contributed by atoms with van der Waals surface area (Å²) in [5, 5.41) is 12.1. The fraction of sp³-hybridized carbons (Fsp3) is 0.643. The van der Waals surface area contributed by atoms with E-state index in [1.807, 2.05) is 12.1 Å². The number of nitrogens with one attached hydrogen (secondary N) is 1. The van der Waals surface area contributed by atoms with E-state index in [9.17, 15) is 0 Å². The van der Waals surface area contributed by atoms with E-state index in [0.717, 1.165) is 30.8 Å². The van der Waals surface area contributed by atoms with Crippen molar-refractivity contribution in [2.24, 2.45) is 5.92 Å². The van der Waals surface area contributed by atoms with Gasteiger partial charge in [0, 0.05) is 12.6 Å². The highest BCUT2D eigenvalue weighted by Crippen LogP contribution is 2.31. The lowest BCUT2D eigenvalue weighted by molar-refractivity contribution is 0.311. The molecule has 1 unspecified atom stereocenters. The van der Waals surface area contributed by atoms with E-state index >= 15 is 0 Å². The third-order valence-corrected chi connectivity index (χ3v) is 3.88. The van der Waals surface area contributed by atoms with Crippen molar-refractivity contribution in [1.82, 2.24) is 10.2 Å². The molecule has 4 nitrogen and oxygen atoms in total. The first-order chi connectivity index (χ1) is 8.85. The molecule has 18 heavy (non-hydrogen) atoms. The summed E-state index contributed by atoms with van der Waals surface area (Å²) in [6.07, 6.45) is 4.12. The summed E-state index contributed by atoms with van der Waals surface area (Å²) in [4.78, 5) is 2.63. The minimum atomic E-state index is 0.396. The number of hydrogen-bond acceptors (Lipinski definition) is 4. The minimum absolute atomic E-state index is 0.396. The topological polar surface area (TPSA) is 52.2 Å². The zero-order chi connectivity index (χ0) is 12.4. The molecular weight excluding hydrogens is 226 g/mol. The Morgan fingerprint density at radius 3 is 3.00 bits per heavy atom. The first kappa shape index (κ1) is 11.8. The van der Waals surface area contributed by atoms with Gasteiger partial charge in [-0.15, -0.1) is 0 Å². The SMILES string of the molecule is N#Cc1ccc(CNCC2CCN(C3CC3)C2)o1. The first-order valence-corrected chi connectivity index (χ1v) is 6.79. The number of hydrogen-bond donors (Lipinski definition) is 1. The molecule has 1 aromatic heterocycles. The van der Waals surface area contributed by atoms with Crippen molar-refractivity contribution in [3.05, 3.63) is 23.7 Å². The number of rotatable bonds is 5. The van der Waals surface area contributed by atoms with Crippen LogP contribution in [0.25, 0.3) is 0 Å².